The molecule has 0 saturated heterocycles. The van der Waals surface area contributed by atoms with Gasteiger partial charge in [-0.05, 0) is 202 Å². The monoisotopic (exact) mass is 1060 g/mol. The molecule has 392 valence electrons. The lowest BCUT2D eigenvalue weighted by Gasteiger charge is -2.27. The summed E-state index contributed by atoms with van der Waals surface area (Å²) in [5.74, 6) is 0.0599. The Morgan fingerprint density at radius 1 is 0.232 bits per heavy atom. The molecule has 0 radical (unpaired) electrons. The Morgan fingerprint density at radius 3 is 0.866 bits per heavy atom. The number of benzene rings is 15. The molecule has 0 atom stereocenters. The van der Waals surface area contributed by atoms with E-state index in [2.05, 4.69) is 201 Å². The van der Waals surface area contributed by atoms with Crippen molar-refractivity contribution in [3.8, 4) is 11.4 Å². The van der Waals surface area contributed by atoms with Crippen molar-refractivity contribution in [3.63, 3.8) is 0 Å². The third-order valence-electron chi connectivity index (χ3n) is 19.1. The smallest absolute Gasteiger partial charge is 0.266 e. The van der Waals surface area contributed by atoms with Crippen molar-refractivity contribution >= 4 is 151 Å². The van der Waals surface area contributed by atoms with E-state index in [0.717, 1.165) is 141 Å². The highest BCUT2D eigenvalue weighted by Crippen LogP contribution is 2.56. The molecule has 6 heteroatoms. The van der Waals surface area contributed by atoms with Gasteiger partial charge in [-0.3, -0.25) is 19.2 Å². The summed E-state index contributed by atoms with van der Waals surface area (Å²) in [5, 5.41) is 24.5. The highest BCUT2D eigenvalue weighted by atomic mass is 16.2. The van der Waals surface area contributed by atoms with E-state index < -0.39 is 0 Å². The zero-order chi connectivity index (χ0) is 55.8. The third kappa shape index (κ3) is 5.79. The number of fused-ring (bicyclic) bond motifs is 12. The first kappa shape index (κ1) is 47.3. The van der Waals surface area contributed by atoms with Crippen molar-refractivity contribution in [2.75, 3.05) is 0 Å². The van der Waals surface area contributed by atoms with Crippen molar-refractivity contribution in [3.05, 3.63) is 221 Å². The topological polar surface area (TPSA) is 78.1 Å². The second-order valence-corrected chi connectivity index (χ2v) is 24.8. The Hall–Kier alpha value is -9.52. The highest BCUT2D eigenvalue weighted by Gasteiger charge is 2.33. The normalized spacial score (nSPS) is 13.0. The van der Waals surface area contributed by atoms with Crippen LogP contribution in [-0.4, -0.2) is 9.13 Å². The molecule has 82 heavy (non-hydrogen) atoms. The lowest BCUT2D eigenvalue weighted by Crippen LogP contribution is -2.34. The number of para-hydroxylation sites is 2. The largest absolute Gasteiger partial charge is 0.268 e. The highest BCUT2D eigenvalue weighted by molar-refractivity contribution is 6.56. The van der Waals surface area contributed by atoms with Crippen LogP contribution in [0.1, 0.15) is 101 Å². The van der Waals surface area contributed by atoms with Crippen LogP contribution in [0.2, 0.25) is 0 Å². The van der Waals surface area contributed by atoms with Crippen LogP contribution < -0.4 is 22.2 Å². The van der Waals surface area contributed by atoms with E-state index in [-0.39, 0.29) is 45.9 Å². The summed E-state index contributed by atoms with van der Waals surface area (Å²) in [4.78, 5) is 65.1. The molecule has 2 heterocycles. The zero-order valence-corrected chi connectivity index (χ0v) is 46.8. The van der Waals surface area contributed by atoms with E-state index >= 15 is 19.2 Å². The molecular formula is C76H54N2O4. The molecule has 0 unspecified atom stereocenters. The molecule has 0 fully saturated rings. The van der Waals surface area contributed by atoms with Crippen molar-refractivity contribution in [1.82, 2.24) is 9.13 Å². The molecule has 0 spiro atoms. The number of nitrogens with zero attached hydrogens (tertiary/aromatic N) is 2. The molecule has 17 rings (SSSR count). The zero-order valence-electron chi connectivity index (χ0n) is 46.8. The van der Waals surface area contributed by atoms with E-state index in [0.29, 0.717) is 43.7 Å². The van der Waals surface area contributed by atoms with Gasteiger partial charge in [0.2, 0.25) is 0 Å². The molecule has 2 aromatic heterocycles. The Morgan fingerprint density at radius 2 is 0.537 bits per heavy atom. The molecule has 0 N–H and O–H groups in total. The van der Waals surface area contributed by atoms with Gasteiger partial charge in [-0.15, -0.1) is 0 Å². The van der Waals surface area contributed by atoms with Crippen molar-refractivity contribution in [2.24, 2.45) is 0 Å². The predicted molar refractivity (Wildman–Crippen MR) is 348 cm³/mol. The van der Waals surface area contributed by atoms with Gasteiger partial charge in [-0.2, -0.15) is 0 Å². The van der Waals surface area contributed by atoms with Crippen LogP contribution in [0.4, 0.5) is 0 Å². The van der Waals surface area contributed by atoms with Crippen molar-refractivity contribution in [1.29, 1.82) is 0 Å². The van der Waals surface area contributed by atoms with Gasteiger partial charge in [0.15, 0.2) is 0 Å². The maximum absolute atomic E-state index is 16.3. The number of pyridine rings is 2. The van der Waals surface area contributed by atoms with Crippen molar-refractivity contribution in [2.45, 2.75) is 79.1 Å². The summed E-state index contributed by atoms with van der Waals surface area (Å²) in [7, 11) is 0. The molecule has 0 amide bonds. The Balaban J connectivity index is 1.22. The van der Waals surface area contributed by atoms with Crippen LogP contribution >= 0.6 is 0 Å². The number of aromatic nitrogens is 2. The number of hydrogen-bond donors (Lipinski definition) is 0. The number of hydrogen-bond acceptors (Lipinski definition) is 4. The minimum absolute atomic E-state index is 0.0120. The first-order valence-electron chi connectivity index (χ1n) is 29.0. The minimum Gasteiger partial charge on any atom is -0.268 e. The fraction of sp³-hybridized carbons (Fsp3) is 0.158. The summed E-state index contributed by atoms with van der Waals surface area (Å²) < 4.78 is 3.01. The van der Waals surface area contributed by atoms with E-state index in [1.54, 1.807) is 0 Å². The van der Waals surface area contributed by atoms with Gasteiger partial charge in [0.1, 0.15) is 0 Å². The van der Waals surface area contributed by atoms with Crippen LogP contribution in [0.3, 0.4) is 0 Å². The first-order valence-corrected chi connectivity index (χ1v) is 29.0. The minimum atomic E-state index is -0.351. The fourth-order valence-electron chi connectivity index (χ4n) is 15.5. The summed E-state index contributed by atoms with van der Waals surface area (Å²) in [6.45, 7) is 17.0. The lowest BCUT2D eigenvalue weighted by molar-refractivity contribution is 0.792. The average molecular weight is 1060 g/mol. The molecule has 15 aromatic carbocycles. The molecule has 0 bridgehead atoms. The molecule has 17 aromatic rings. The Kier molecular flexibility index (Phi) is 9.29. The van der Waals surface area contributed by atoms with Gasteiger partial charge >= 0.3 is 0 Å². The van der Waals surface area contributed by atoms with E-state index in [1.165, 1.54) is 9.13 Å². The van der Waals surface area contributed by atoms with Gasteiger partial charge in [0.05, 0.1) is 11.4 Å². The average Bonchev–Trinajstić information content (AvgIpc) is 0.698. The summed E-state index contributed by atoms with van der Waals surface area (Å²) in [5.41, 5.74) is 3.68. The van der Waals surface area contributed by atoms with Gasteiger partial charge < -0.3 is 0 Å². The van der Waals surface area contributed by atoms with Crippen molar-refractivity contribution < 1.29 is 0 Å². The standard InChI is InChI=1S/C76H54N2O4/c1-35(2)45-19-13-20-46(36(3)4)71(45)77-73(79)57-31-53-49-25-23-43-27-39-15-9-11-17-41(39)29-51(43)61(49)55-33-59-64-60(76(82)78(75(59)81)72-47(37(5)6)21-14-22-48(72)38(7)8)34-56-62-50(26-24-44-28-40-16-10-12-18-42(40)30-52(44)62)54-32-58(74(77)80)63(57)69-65(53)67(55)70(64)68(56)66(54)69/h9-38H,1-8H3. The van der Waals surface area contributed by atoms with Crippen LogP contribution in [0.25, 0.3) is 162 Å². The molecule has 0 saturated carbocycles. The van der Waals surface area contributed by atoms with Gasteiger partial charge in [-0.1, -0.05) is 165 Å². The number of rotatable bonds is 6. The second-order valence-electron chi connectivity index (χ2n) is 24.8. The van der Waals surface area contributed by atoms with Gasteiger partial charge in [0.25, 0.3) is 22.2 Å². The molecular weight excluding hydrogens is 1000 g/mol. The molecule has 0 aliphatic carbocycles. The Bertz CT molecular complexity index is 5640. The van der Waals surface area contributed by atoms with E-state index in [1.807, 2.05) is 12.1 Å². The maximum atomic E-state index is 16.3. The quantitative estimate of drug-likeness (QED) is 0.123. The van der Waals surface area contributed by atoms with E-state index in [9.17, 15) is 0 Å². The molecule has 0 aliphatic heterocycles. The Labute approximate surface area is 469 Å². The van der Waals surface area contributed by atoms with Crippen LogP contribution in [-0.2, 0) is 0 Å². The van der Waals surface area contributed by atoms with Gasteiger partial charge in [-0.25, -0.2) is 9.13 Å². The molecule has 0 aliphatic rings. The van der Waals surface area contributed by atoms with Crippen LogP contribution in [0.5, 0.6) is 0 Å². The van der Waals surface area contributed by atoms with Crippen LogP contribution in [0, 0.1) is 0 Å². The van der Waals surface area contributed by atoms with E-state index in [4.69, 9.17) is 0 Å². The van der Waals surface area contributed by atoms with Gasteiger partial charge in [0, 0.05) is 43.1 Å². The fourth-order valence-corrected chi connectivity index (χ4v) is 15.5. The first-order chi connectivity index (χ1) is 39.7. The molecule has 6 nitrogen and oxygen atoms in total. The van der Waals surface area contributed by atoms with Crippen LogP contribution in [0.15, 0.2) is 177 Å². The summed E-state index contributed by atoms with van der Waals surface area (Å²) in [6, 6.07) is 55.3. The second kappa shape index (κ2) is 16.1. The summed E-state index contributed by atoms with van der Waals surface area (Å²) in [6.07, 6.45) is 0. The SMILES string of the molecule is CC(C)c1cccc(C(C)C)c1-n1c(=O)c2cc3c4ccc5cc6ccccc6cc5c4c4cc5c(=O)n(-c6c(C(C)C)cccc6C(C)C)c(=O)c6cc7c8c9cc%10ccccc%10cc9ccc8c8cc(c1=O)c2c1c3c4c(c56)c7c81. The lowest BCUT2D eigenvalue weighted by atomic mass is 9.76. The maximum Gasteiger partial charge on any atom is 0.266 e. The third-order valence-corrected chi connectivity index (χ3v) is 19.1. The summed E-state index contributed by atoms with van der Waals surface area (Å²) >= 11 is 0. The predicted octanol–water partition coefficient (Wildman–Crippen LogP) is 18.5.